The van der Waals surface area contributed by atoms with E-state index in [4.69, 9.17) is 4.42 Å². The number of aryl methyl sites for hydroxylation is 1. The van der Waals surface area contributed by atoms with Crippen molar-refractivity contribution in [1.29, 1.82) is 0 Å². The van der Waals surface area contributed by atoms with Gasteiger partial charge in [0, 0.05) is 17.9 Å². The van der Waals surface area contributed by atoms with Gasteiger partial charge in [-0.25, -0.2) is 4.98 Å². The van der Waals surface area contributed by atoms with E-state index in [1.807, 2.05) is 13.0 Å². The highest BCUT2D eigenvalue weighted by Crippen LogP contribution is 2.47. The van der Waals surface area contributed by atoms with Crippen molar-refractivity contribution in [3.63, 3.8) is 0 Å². The minimum atomic E-state index is -0.0744. The van der Waals surface area contributed by atoms with Crippen LogP contribution in [0.3, 0.4) is 0 Å². The quantitative estimate of drug-likeness (QED) is 0.819. The molecule has 1 saturated carbocycles. The van der Waals surface area contributed by atoms with Crippen LogP contribution in [0.2, 0.25) is 0 Å². The predicted molar refractivity (Wildman–Crippen MR) is 89.9 cm³/mol. The second-order valence-corrected chi connectivity index (χ2v) is 6.53. The second kappa shape index (κ2) is 7.28. The van der Waals surface area contributed by atoms with Crippen molar-refractivity contribution in [3.8, 4) is 0 Å². The number of benzene rings is 1. The third-order valence-electron chi connectivity index (χ3n) is 5.04. The average molecular weight is 314 g/mol. The van der Waals surface area contributed by atoms with Crippen LogP contribution in [0.15, 0.2) is 40.9 Å². The standard InChI is InChI=1S/C19H26N2O2/c1-2-17-20-12-16(23-17)13-21-18(15-8-4-3-5-9-15)19(14-22)10-6-7-11-19/h3-5,8-9,12,18,21-22H,2,6-7,10-11,13-14H2,1H3. The van der Waals surface area contributed by atoms with Gasteiger partial charge in [0.25, 0.3) is 0 Å². The van der Waals surface area contributed by atoms with E-state index in [-0.39, 0.29) is 18.1 Å². The molecule has 0 aliphatic heterocycles. The maximum atomic E-state index is 10.1. The lowest BCUT2D eigenvalue weighted by Gasteiger charge is -2.37. The summed E-state index contributed by atoms with van der Waals surface area (Å²) in [6.45, 7) is 2.89. The lowest BCUT2D eigenvalue weighted by Crippen LogP contribution is -2.39. The summed E-state index contributed by atoms with van der Waals surface area (Å²) in [6.07, 6.45) is 7.11. The Morgan fingerprint density at radius 1 is 1.26 bits per heavy atom. The lowest BCUT2D eigenvalue weighted by molar-refractivity contribution is 0.0841. The number of aromatic nitrogens is 1. The van der Waals surface area contributed by atoms with Crippen LogP contribution in [0.5, 0.6) is 0 Å². The van der Waals surface area contributed by atoms with Crippen molar-refractivity contribution in [3.05, 3.63) is 53.7 Å². The Balaban J connectivity index is 1.80. The first-order valence-corrected chi connectivity index (χ1v) is 8.60. The van der Waals surface area contributed by atoms with Gasteiger partial charge in [-0.15, -0.1) is 0 Å². The zero-order valence-electron chi connectivity index (χ0n) is 13.8. The Labute approximate surface area is 137 Å². The van der Waals surface area contributed by atoms with Crippen LogP contribution < -0.4 is 5.32 Å². The third-order valence-corrected chi connectivity index (χ3v) is 5.04. The molecule has 0 saturated heterocycles. The minimum absolute atomic E-state index is 0.0744. The van der Waals surface area contributed by atoms with Gasteiger partial charge in [-0.2, -0.15) is 0 Å². The highest BCUT2D eigenvalue weighted by molar-refractivity contribution is 5.22. The highest BCUT2D eigenvalue weighted by atomic mass is 16.4. The summed E-state index contributed by atoms with van der Waals surface area (Å²) in [4.78, 5) is 4.26. The summed E-state index contributed by atoms with van der Waals surface area (Å²) < 4.78 is 5.71. The fourth-order valence-corrected chi connectivity index (χ4v) is 3.75. The molecule has 1 aromatic heterocycles. The van der Waals surface area contributed by atoms with Crippen LogP contribution in [0.4, 0.5) is 0 Å². The van der Waals surface area contributed by atoms with E-state index in [0.717, 1.165) is 30.9 Å². The maximum Gasteiger partial charge on any atom is 0.194 e. The van der Waals surface area contributed by atoms with Gasteiger partial charge < -0.3 is 14.8 Å². The molecule has 0 radical (unpaired) electrons. The molecule has 1 unspecified atom stereocenters. The molecule has 124 valence electrons. The summed E-state index contributed by atoms with van der Waals surface area (Å²) in [6, 6.07) is 10.6. The molecule has 4 nitrogen and oxygen atoms in total. The molecule has 1 aromatic carbocycles. The molecule has 2 N–H and O–H groups in total. The summed E-state index contributed by atoms with van der Waals surface area (Å²) in [5.41, 5.74) is 1.16. The van der Waals surface area contributed by atoms with Crippen molar-refractivity contribution in [2.75, 3.05) is 6.61 Å². The molecule has 4 heteroatoms. The van der Waals surface area contributed by atoms with Gasteiger partial charge in [-0.3, -0.25) is 0 Å². The first-order valence-electron chi connectivity index (χ1n) is 8.60. The lowest BCUT2D eigenvalue weighted by atomic mass is 9.76. The molecular formula is C19H26N2O2. The summed E-state index contributed by atoms with van der Waals surface area (Å²) in [5, 5.41) is 13.7. The number of nitrogens with zero attached hydrogens (tertiary/aromatic N) is 1. The van der Waals surface area contributed by atoms with Crippen LogP contribution in [0, 0.1) is 5.41 Å². The Morgan fingerprint density at radius 3 is 2.61 bits per heavy atom. The van der Waals surface area contributed by atoms with E-state index in [9.17, 15) is 5.11 Å². The van der Waals surface area contributed by atoms with Crippen LogP contribution in [-0.2, 0) is 13.0 Å². The van der Waals surface area contributed by atoms with Crippen LogP contribution in [0.1, 0.15) is 55.9 Å². The monoisotopic (exact) mass is 314 g/mol. The van der Waals surface area contributed by atoms with Gasteiger partial charge in [-0.05, 0) is 18.4 Å². The number of hydrogen-bond acceptors (Lipinski definition) is 4. The number of oxazole rings is 1. The third kappa shape index (κ3) is 3.48. The van der Waals surface area contributed by atoms with Crippen molar-refractivity contribution >= 4 is 0 Å². The number of hydrogen-bond donors (Lipinski definition) is 2. The molecule has 2 aromatic rings. The molecule has 1 aliphatic carbocycles. The minimum Gasteiger partial charge on any atom is -0.444 e. The highest BCUT2D eigenvalue weighted by Gasteiger charge is 2.41. The summed E-state index contributed by atoms with van der Waals surface area (Å²) in [5.74, 6) is 1.63. The fraction of sp³-hybridized carbons (Fsp3) is 0.526. The molecule has 0 bridgehead atoms. The maximum absolute atomic E-state index is 10.1. The Kier molecular flexibility index (Phi) is 5.13. The van der Waals surface area contributed by atoms with E-state index in [1.165, 1.54) is 18.4 Å². The molecule has 1 atom stereocenters. The van der Waals surface area contributed by atoms with E-state index >= 15 is 0 Å². The molecule has 0 amide bonds. The van der Waals surface area contributed by atoms with Crippen molar-refractivity contribution in [2.24, 2.45) is 5.41 Å². The van der Waals surface area contributed by atoms with Gasteiger partial charge in [0.2, 0.25) is 0 Å². The van der Waals surface area contributed by atoms with Gasteiger partial charge in [0.15, 0.2) is 5.89 Å². The first-order chi connectivity index (χ1) is 11.3. The van der Waals surface area contributed by atoms with E-state index in [1.54, 1.807) is 6.20 Å². The molecule has 23 heavy (non-hydrogen) atoms. The van der Waals surface area contributed by atoms with E-state index in [2.05, 4.69) is 34.6 Å². The van der Waals surface area contributed by atoms with Crippen LogP contribution in [-0.4, -0.2) is 16.7 Å². The van der Waals surface area contributed by atoms with Gasteiger partial charge >= 0.3 is 0 Å². The topological polar surface area (TPSA) is 58.3 Å². The zero-order valence-corrected chi connectivity index (χ0v) is 13.8. The van der Waals surface area contributed by atoms with E-state index < -0.39 is 0 Å². The first kappa shape index (κ1) is 16.2. The van der Waals surface area contributed by atoms with Gasteiger partial charge in [0.05, 0.1) is 19.3 Å². The van der Waals surface area contributed by atoms with Gasteiger partial charge in [-0.1, -0.05) is 50.1 Å². The second-order valence-electron chi connectivity index (χ2n) is 6.53. The van der Waals surface area contributed by atoms with Crippen LogP contribution in [0.25, 0.3) is 0 Å². The van der Waals surface area contributed by atoms with Crippen LogP contribution >= 0.6 is 0 Å². The number of rotatable bonds is 7. The number of nitrogens with one attached hydrogen (secondary N) is 1. The Morgan fingerprint density at radius 2 is 2.00 bits per heavy atom. The number of aliphatic hydroxyl groups excluding tert-OH is 1. The SMILES string of the molecule is CCc1ncc(CNC(c2ccccc2)C2(CO)CCCC2)o1. The van der Waals surface area contributed by atoms with Gasteiger partial charge in [0.1, 0.15) is 5.76 Å². The average Bonchev–Trinajstić information content (AvgIpc) is 3.26. The Hall–Kier alpha value is -1.65. The molecule has 1 heterocycles. The fourth-order valence-electron chi connectivity index (χ4n) is 3.75. The zero-order chi connectivity index (χ0) is 16.1. The summed E-state index contributed by atoms with van der Waals surface area (Å²) in [7, 11) is 0. The smallest absolute Gasteiger partial charge is 0.194 e. The Bertz CT molecular complexity index is 603. The summed E-state index contributed by atoms with van der Waals surface area (Å²) >= 11 is 0. The normalized spacial score (nSPS) is 18.2. The van der Waals surface area contributed by atoms with E-state index in [0.29, 0.717) is 6.54 Å². The largest absolute Gasteiger partial charge is 0.444 e. The molecule has 1 aliphatic rings. The molecule has 0 spiro atoms. The van der Waals surface area contributed by atoms with Crippen molar-refractivity contribution in [2.45, 2.75) is 51.6 Å². The van der Waals surface area contributed by atoms with Crippen molar-refractivity contribution < 1.29 is 9.52 Å². The molecule has 1 fully saturated rings. The molecular weight excluding hydrogens is 288 g/mol. The molecule has 3 rings (SSSR count). The number of aliphatic hydroxyl groups is 1. The predicted octanol–water partition coefficient (Wildman–Crippen LogP) is 3.62. The van der Waals surface area contributed by atoms with Crippen molar-refractivity contribution in [1.82, 2.24) is 10.3 Å².